The van der Waals surface area contributed by atoms with Crippen LogP contribution in [0.25, 0.3) is 22.1 Å². The van der Waals surface area contributed by atoms with Gasteiger partial charge in [-0.3, -0.25) is 9.59 Å². The zero-order valence-corrected chi connectivity index (χ0v) is 56.2. The highest BCUT2D eigenvalue weighted by Gasteiger charge is 2.65. The van der Waals surface area contributed by atoms with Crippen LogP contribution in [0.1, 0.15) is 151 Å². The van der Waals surface area contributed by atoms with Crippen LogP contribution in [0.4, 0.5) is 8.78 Å². The molecule has 8 atom stereocenters. The van der Waals surface area contributed by atoms with E-state index in [9.17, 15) is 9.59 Å². The molecule has 0 aromatic carbocycles. The molecule has 19 nitrogen and oxygen atoms in total. The molecule has 0 bridgehead atoms. The van der Waals surface area contributed by atoms with E-state index in [1.165, 1.54) is 57.4 Å². The fourth-order valence-corrected chi connectivity index (χ4v) is 37.3. The largest absolute Gasteiger partial charge is 0.414 e. The Balaban J connectivity index is 1.36. The molecule has 26 heteroatoms. The van der Waals surface area contributed by atoms with Gasteiger partial charge in [0.15, 0.2) is 35.4 Å². The van der Waals surface area contributed by atoms with Gasteiger partial charge in [-0.15, -0.1) is 0 Å². The molecule has 0 N–H and O–H groups in total. The smallest absolute Gasteiger partial charge is 0.335 e. The first-order valence-electron chi connectivity index (χ1n) is 29.0. The number of rotatable bonds is 17. The Morgan fingerprint density at radius 2 is 0.850 bits per heavy atom. The molecule has 4 aromatic rings. The second kappa shape index (κ2) is 23.8. The minimum Gasteiger partial charge on any atom is -0.414 e. The van der Waals surface area contributed by atoms with Crippen LogP contribution in [-0.4, -0.2) is 129 Å². The van der Waals surface area contributed by atoms with Crippen LogP contribution in [0.3, 0.4) is 0 Å². The number of halogens is 2. The third-order valence-electron chi connectivity index (χ3n) is 17.1. The summed E-state index contributed by atoms with van der Waals surface area (Å²) in [4.78, 5) is 36.8. The van der Waals surface area contributed by atoms with E-state index >= 15 is 8.78 Å². The highest BCUT2D eigenvalue weighted by Crippen LogP contribution is 2.58. The van der Waals surface area contributed by atoms with Crippen LogP contribution in [0.15, 0.2) is 34.6 Å². The van der Waals surface area contributed by atoms with E-state index in [-0.39, 0.29) is 91.7 Å². The van der Waals surface area contributed by atoms with Crippen molar-refractivity contribution in [3.8, 4) is 0 Å². The summed E-state index contributed by atoms with van der Waals surface area (Å²) >= 11 is 0. The molecule has 4 aliphatic heterocycles. The van der Waals surface area contributed by atoms with Gasteiger partial charge in [0.25, 0.3) is 19.6 Å². The number of nitrogens with zero attached hydrogens (tertiary/aromatic N) is 7. The molecule has 8 heterocycles. The van der Waals surface area contributed by atoms with E-state index in [0.717, 1.165) is 0 Å². The van der Waals surface area contributed by atoms with Crippen LogP contribution in [0.5, 0.6) is 0 Å². The van der Waals surface area contributed by atoms with Gasteiger partial charge in [-0.05, 0) is 72.0 Å². The summed E-state index contributed by atoms with van der Waals surface area (Å²) in [7, 11) is -12.3. The van der Waals surface area contributed by atoms with Gasteiger partial charge in [0.2, 0.25) is 0 Å². The zero-order chi connectivity index (χ0) is 59.2. The molecule has 4 aliphatic rings. The summed E-state index contributed by atoms with van der Waals surface area (Å²) in [5.74, 6) is -1.54. The SMILES string of the molecule is CC(C)N(C(C)C)P(O[C@@H]1[C@@H]2O[Si](C(C)C)(C(C)C)O[Si](C(C)C)(C(C)C)OC[C@H]2O[C@H]1n1cc(F)c2c(=O)n(C)cnc21)O[C@@H]1[C@@H]2O[Si](C(C)C)(C(C)C)O[Si](C(C)C)(C(C)C)OC[C@H]2O[C@H]1n1cc(F)c2c(=O)n(C)cnc21. The molecule has 4 fully saturated rings. The zero-order valence-electron chi connectivity index (χ0n) is 51.3. The fourth-order valence-electron chi connectivity index (χ4n) is 13.0. The number of hydrogen-bond donors (Lipinski definition) is 0. The Morgan fingerprint density at radius 1 is 0.537 bits per heavy atom. The predicted octanol–water partition coefficient (Wildman–Crippen LogP) is 11.6. The Labute approximate surface area is 477 Å². The molecule has 0 spiro atoms. The summed E-state index contributed by atoms with van der Waals surface area (Å²) in [6.45, 7) is 42.7. The summed E-state index contributed by atoms with van der Waals surface area (Å²) in [6, 6.07) is -0.444. The van der Waals surface area contributed by atoms with Gasteiger partial charge in [0.05, 0.1) is 25.9 Å². The maximum atomic E-state index is 16.6. The van der Waals surface area contributed by atoms with Crippen molar-refractivity contribution in [2.45, 2.75) is 244 Å². The van der Waals surface area contributed by atoms with Crippen LogP contribution in [0, 0.1) is 11.6 Å². The maximum Gasteiger partial charge on any atom is 0.335 e. The quantitative estimate of drug-likeness (QED) is 0.0720. The number of hydrogen-bond acceptors (Lipinski definition) is 15. The molecular weight excluding hydrogens is 1120 g/mol. The average molecular weight is 1210 g/mol. The van der Waals surface area contributed by atoms with Gasteiger partial charge in [-0.2, -0.15) is 0 Å². The minimum atomic E-state index is -3.40. The summed E-state index contributed by atoms with van der Waals surface area (Å²) in [5, 5.41) is -0.401. The third kappa shape index (κ3) is 10.8. The highest BCUT2D eigenvalue weighted by molar-refractivity contribution is 7.44. The molecule has 0 aliphatic carbocycles. The maximum absolute atomic E-state index is 16.6. The van der Waals surface area contributed by atoms with Crippen molar-refractivity contribution in [3.63, 3.8) is 0 Å². The number of ether oxygens (including phenoxy) is 2. The van der Waals surface area contributed by atoms with Gasteiger partial charge < -0.3 is 62.7 Å². The molecule has 0 saturated carbocycles. The summed E-state index contributed by atoms with van der Waals surface area (Å²) in [5.41, 5.74) is -1.18. The van der Waals surface area contributed by atoms with Gasteiger partial charge in [-0.25, -0.2) is 23.4 Å². The molecule has 0 radical (unpaired) electrons. The van der Waals surface area contributed by atoms with Crippen molar-refractivity contribution in [1.29, 1.82) is 0 Å². The Kier molecular flexibility index (Phi) is 18.9. The molecule has 8 rings (SSSR count). The lowest BCUT2D eigenvalue weighted by molar-refractivity contribution is -0.0592. The Bertz CT molecular complexity index is 2730. The molecule has 80 heavy (non-hydrogen) atoms. The minimum absolute atomic E-state index is 0.0366. The first-order valence-corrected chi connectivity index (χ1v) is 38.0. The second-order valence-corrected chi connectivity index (χ2v) is 44.7. The van der Waals surface area contributed by atoms with E-state index in [4.69, 9.17) is 44.5 Å². The van der Waals surface area contributed by atoms with Crippen LogP contribution < -0.4 is 11.1 Å². The van der Waals surface area contributed by atoms with E-state index < -0.39 is 115 Å². The fraction of sp³-hybridized carbons (Fsp3) is 0.778. The van der Waals surface area contributed by atoms with E-state index in [1.54, 1.807) is 0 Å². The monoisotopic (exact) mass is 1210 g/mol. The number of fused-ring (bicyclic) bond motifs is 4. The predicted molar refractivity (Wildman–Crippen MR) is 314 cm³/mol. The van der Waals surface area contributed by atoms with Crippen LogP contribution in [-0.2, 0) is 58.6 Å². The van der Waals surface area contributed by atoms with Crippen molar-refractivity contribution >= 4 is 64.8 Å². The van der Waals surface area contributed by atoms with Crippen molar-refractivity contribution in [2.24, 2.45) is 14.1 Å². The van der Waals surface area contributed by atoms with Crippen LogP contribution in [0.2, 0.25) is 44.3 Å². The second-order valence-electron chi connectivity index (χ2n) is 25.7. The molecule has 0 amide bonds. The lowest BCUT2D eigenvalue weighted by atomic mass is 10.1. The van der Waals surface area contributed by atoms with E-state index in [0.29, 0.717) is 0 Å². The topological polar surface area (TPSA) is 175 Å². The average Bonchev–Trinajstić information content (AvgIpc) is 4.07. The lowest BCUT2D eigenvalue weighted by Crippen LogP contribution is -2.66. The first-order chi connectivity index (χ1) is 37.3. The Hall–Kier alpha value is -2.44. The van der Waals surface area contributed by atoms with Gasteiger partial charge in [0, 0.05) is 38.6 Å². The van der Waals surface area contributed by atoms with Gasteiger partial charge >= 0.3 is 34.2 Å². The number of aromatic nitrogens is 6. The first kappa shape index (κ1) is 63.6. The lowest BCUT2D eigenvalue weighted by Gasteiger charge is -2.52. The molecule has 4 saturated heterocycles. The Morgan fingerprint density at radius 3 is 1.14 bits per heavy atom. The van der Waals surface area contributed by atoms with Gasteiger partial charge in [0.1, 0.15) is 47.4 Å². The van der Waals surface area contributed by atoms with Crippen molar-refractivity contribution in [1.82, 2.24) is 32.9 Å². The normalized spacial score (nSPS) is 27.5. The number of aryl methyl sites for hydroxylation is 2. The molecule has 0 unspecified atom stereocenters. The molecule has 4 aromatic heterocycles. The van der Waals surface area contributed by atoms with Gasteiger partial charge in [-0.1, -0.05) is 111 Å². The van der Waals surface area contributed by atoms with Crippen molar-refractivity contribution in [2.75, 3.05) is 13.2 Å². The highest BCUT2D eigenvalue weighted by atomic mass is 31.2. The van der Waals surface area contributed by atoms with Crippen molar-refractivity contribution in [3.05, 3.63) is 57.4 Å². The van der Waals surface area contributed by atoms with E-state index in [2.05, 4.69) is 153 Å². The van der Waals surface area contributed by atoms with Crippen molar-refractivity contribution < 1.29 is 53.2 Å². The third-order valence-corrected chi connectivity index (χ3v) is 39.8. The summed E-state index contributed by atoms with van der Waals surface area (Å²) in [6.07, 6.45) is -2.68. The molecular formula is C54H92F2N7O12PSi4. The standard InChI is InChI=1S/C54H92F2N7O12PSi4/c1-29(2)63(30(3)4)76(70-47-45-41(68-53(47)61-23-39(55)43-49(61)57-27-59(21)51(43)64)25-66-77(31(5)6,32(7)8)74-79(72-45,35(13)14)36(15)16)71-48-46-42(69-54(48)62-24-40(56)44-50(62)58-28-60(22)52(44)65)26-67-78(33(9)10,34(11)12)75-80(73-46,37(17)18)38(19)20/h23-24,27-38,41-42,45-48,53-54H,25-26H2,1-22H3/t41-,42-,45-,46-,47-,48-,53-,54-/m1/s1. The van der Waals surface area contributed by atoms with E-state index in [1.807, 2.05) is 0 Å². The summed E-state index contributed by atoms with van der Waals surface area (Å²) < 4.78 is 116. The van der Waals surface area contributed by atoms with Crippen LogP contribution >= 0.6 is 8.53 Å². The molecule has 450 valence electrons.